The predicted octanol–water partition coefficient (Wildman–Crippen LogP) is 3.30. The van der Waals surface area contributed by atoms with Crippen molar-refractivity contribution in [1.29, 1.82) is 0 Å². The van der Waals surface area contributed by atoms with Crippen LogP contribution in [-0.4, -0.2) is 28.9 Å². The molecule has 7 heteroatoms. The van der Waals surface area contributed by atoms with E-state index >= 15 is 0 Å². The SMILES string of the molecule is CN=CC1CCCCC1n1cc(C(N)=O)c(Nc2ccc(F)cc2)n1. The Hall–Kier alpha value is -2.70. The monoisotopic (exact) mass is 343 g/mol. The lowest BCUT2D eigenvalue weighted by Crippen LogP contribution is -2.25. The molecule has 0 spiro atoms. The zero-order chi connectivity index (χ0) is 17.8. The fraction of sp³-hybridized carbons (Fsp3) is 0.389. The molecular weight excluding hydrogens is 321 g/mol. The zero-order valence-electron chi connectivity index (χ0n) is 14.2. The molecule has 2 unspecified atom stereocenters. The van der Waals surface area contributed by atoms with E-state index in [0.29, 0.717) is 17.1 Å². The number of aliphatic imine (C=N–C) groups is 1. The molecule has 1 aliphatic rings. The van der Waals surface area contributed by atoms with Gasteiger partial charge in [-0.25, -0.2) is 4.39 Å². The smallest absolute Gasteiger partial charge is 0.254 e. The first-order valence-electron chi connectivity index (χ1n) is 8.42. The van der Waals surface area contributed by atoms with Gasteiger partial charge in [0.1, 0.15) is 11.4 Å². The largest absolute Gasteiger partial charge is 0.365 e. The first kappa shape index (κ1) is 17.1. The molecule has 0 aliphatic heterocycles. The number of primary amides is 1. The lowest BCUT2D eigenvalue weighted by molar-refractivity contribution is 0.100. The Morgan fingerprint density at radius 3 is 2.76 bits per heavy atom. The summed E-state index contributed by atoms with van der Waals surface area (Å²) in [5, 5.41) is 7.61. The summed E-state index contributed by atoms with van der Waals surface area (Å²) in [6.45, 7) is 0. The highest BCUT2D eigenvalue weighted by molar-refractivity contribution is 5.98. The summed E-state index contributed by atoms with van der Waals surface area (Å²) in [6, 6.07) is 6.02. The summed E-state index contributed by atoms with van der Waals surface area (Å²) in [5.41, 5.74) is 6.47. The van der Waals surface area contributed by atoms with Crippen LogP contribution in [0.15, 0.2) is 35.5 Å². The van der Waals surface area contributed by atoms with Gasteiger partial charge in [0.2, 0.25) is 0 Å². The molecule has 1 aliphatic carbocycles. The van der Waals surface area contributed by atoms with Crippen LogP contribution >= 0.6 is 0 Å². The lowest BCUT2D eigenvalue weighted by atomic mass is 9.85. The van der Waals surface area contributed by atoms with Crippen LogP contribution in [-0.2, 0) is 0 Å². The number of nitrogens with zero attached hydrogens (tertiary/aromatic N) is 3. The average molecular weight is 343 g/mol. The highest BCUT2D eigenvalue weighted by atomic mass is 19.1. The standard InChI is InChI=1S/C18H22FN5O/c1-21-10-12-4-2-3-5-16(12)24-11-15(17(20)25)18(23-24)22-14-8-6-13(19)7-9-14/h6-12,16H,2-5H2,1H3,(H2,20,25)(H,22,23). The molecule has 1 amide bonds. The average Bonchev–Trinajstić information content (AvgIpc) is 3.02. The van der Waals surface area contributed by atoms with Crippen molar-refractivity contribution in [3.63, 3.8) is 0 Å². The predicted molar refractivity (Wildman–Crippen MR) is 95.8 cm³/mol. The van der Waals surface area contributed by atoms with Gasteiger partial charge < -0.3 is 16.0 Å². The number of rotatable bonds is 5. The number of benzene rings is 1. The van der Waals surface area contributed by atoms with E-state index in [4.69, 9.17) is 5.73 Å². The van der Waals surface area contributed by atoms with Crippen LogP contribution in [0, 0.1) is 11.7 Å². The van der Waals surface area contributed by atoms with Crippen molar-refractivity contribution >= 4 is 23.6 Å². The highest BCUT2D eigenvalue weighted by Crippen LogP contribution is 2.34. The van der Waals surface area contributed by atoms with E-state index in [9.17, 15) is 9.18 Å². The van der Waals surface area contributed by atoms with Crippen molar-refractivity contribution in [3.05, 3.63) is 41.8 Å². The molecular formula is C18H22FN5O. The van der Waals surface area contributed by atoms with E-state index in [1.54, 1.807) is 25.4 Å². The maximum Gasteiger partial charge on any atom is 0.254 e. The van der Waals surface area contributed by atoms with Crippen LogP contribution in [0.5, 0.6) is 0 Å². The van der Waals surface area contributed by atoms with Crippen LogP contribution in [0.4, 0.5) is 15.9 Å². The van der Waals surface area contributed by atoms with E-state index in [1.165, 1.54) is 12.1 Å². The molecule has 3 rings (SSSR count). The fourth-order valence-electron chi connectivity index (χ4n) is 3.34. The molecule has 1 fully saturated rings. The fourth-order valence-corrected chi connectivity index (χ4v) is 3.34. The van der Waals surface area contributed by atoms with Gasteiger partial charge >= 0.3 is 0 Å². The minimum Gasteiger partial charge on any atom is -0.365 e. The number of aromatic nitrogens is 2. The molecule has 25 heavy (non-hydrogen) atoms. The molecule has 1 aromatic heterocycles. The molecule has 3 N–H and O–H groups in total. The van der Waals surface area contributed by atoms with Gasteiger partial charge in [-0.15, -0.1) is 0 Å². The summed E-state index contributed by atoms with van der Waals surface area (Å²) in [4.78, 5) is 16.0. The molecule has 0 bridgehead atoms. The first-order chi connectivity index (χ1) is 12.1. The number of carbonyl (C=O) groups is 1. The number of nitrogens with one attached hydrogen (secondary N) is 1. The molecule has 2 atom stereocenters. The van der Waals surface area contributed by atoms with Gasteiger partial charge in [0.25, 0.3) is 5.91 Å². The number of amides is 1. The van der Waals surface area contributed by atoms with E-state index < -0.39 is 5.91 Å². The first-order valence-corrected chi connectivity index (χ1v) is 8.42. The molecule has 6 nitrogen and oxygen atoms in total. The van der Waals surface area contributed by atoms with Gasteiger partial charge in [-0.05, 0) is 37.1 Å². The summed E-state index contributed by atoms with van der Waals surface area (Å²) in [6.07, 6.45) is 7.97. The van der Waals surface area contributed by atoms with Crippen LogP contribution in [0.2, 0.25) is 0 Å². The van der Waals surface area contributed by atoms with Crippen molar-refractivity contribution in [1.82, 2.24) is 9.78 Å². The molecule has 1 heterocycles. The second kappa shape index (κ2) is 7.46. The van der Waals surface area contributed by atoms with Crippen LogP contribution in [0.25, 0.3) is 0 Å². The highest BCUT2D eigenvalue weighted by Gasteiger charge is 2.27. The Morgan fingerprint density at radius 1 is 1.36 bits per heavy atom. The van der Waals surface area contributed by atoms with Gasteiger partial charge in [0.15, 0.2) is 5.82 Å². The number of halogens is 1. The Bertz CT molecular complexity index is 768. The summed E-state index contributed by atoms with van der Waals surface area (Å²) < 4.78 is 14.9. The van der Waals surface area contributed by atoms with E-state index in [2.05, 4.69) is 15.4 Å². The molecule has 2 aromatic rings. The van der Waals surface area contributed by atoms with Crippen LogP contribution < -0.4 is 11.1 Å². The van der Waals surface area contributed by atoms with Crippen molar-refractivity contribution in [2.45, 2.75) is 31.7 Å². The van der Waals surface area contributed by atoms with E-state index in [1.807, 2.05) is 10.9 Å². The normalized spacial score (nSPS) is 20.7. The topological polar surface area (TPSA) is 85.3 Å². The molecule has 1 saturated carbocycles. The number of hydrogen-bond acceptors (Lipinski definition) is 4. The Kier molecular flexibility index (Phi) is 5.11. The summed E-state index contributed by atoms with van der Waals surface area (Å²) in [7, 11) is 1.77. The Balaban J connectivity index is 1.91. The second-order valence-electron chi connectivity index (χ2n) is 6.29. The van der Waals surface area contributed by atoms with Gasteiger partial charge in [-0.3, -0.25) is 9.48 Å². The second-order valence-corrected chi connectivity index (χ2v) is 6.29. The van der Waals surface area contributed by atoms with Gasteiger partial charge in [0.05, 0.1) is 6.04 Å². The molecule has 0 saturated heterocycles. The van der Waals surface area contributed by atoms with Crippen LogP contribution in [0.3, 0.4) is 0 Å². The third-order valence-electron chi connectivity index (χ3n) is 4.57. The molecule has 1 aromatic carbocycles. The quantitative estimate of drug-likeness (QED) is 0.817. The van der Waals surface area contributed by atoms with Gasteiger partial charge in [-0.2, -0.15) is 5.10 Å². The molecule has 0 radical (unpaired) electrons. The van der Waals surface area contributed by atoms with Crippen molar-refractivity contribution in [3.8, 4) is 0 Å². The van der Waals surface area contributed by atoms with Crippen molar-refractivity contribution in [2.24, 2.45) is 16.6 Å². The zero-order valence-corrected chi connectivity index (χ0v) is 14.2. The number of nitrogens with two attached hydrogens (primary N) is 1. The van der Waals surface area contributed by atoms with Crippen molar-refractivity contribution in [2.75, 3.05) is 12.4 Å². The summed E-state index contributed by atoms with van der Waals surface area (Å²) >= 11 is 0. The van der Waals surface area contributed by atoms with Gasteiger partial charge in [-0.1, -0.05) is 12.8 Å². The number of hydrogen-bond donors (Lipinski definition) is 2. The third-order valence-corrected chi connectivity index (χ3v) is 4.57. The Labute approximate surface area is 145 Å². The maximum absolute atomic E-state index is 13.1. The van der Waals surface area contributed by atoms with Gasteiger partial charge in [0, 0.05) is 31.1 Å². The maximum atomic E-state index is 13.1. The number of carbonyl (C=O) groups excluding carboxylic acids is 1. The Morgan fingerprint density at radius 2 is 2.08 bits per heavy atom. The summed E-state index contributed by atoms with van der Waals surface area (Å²) in [5.74, 6) is -0.197. The van der Waals surface area contributed by atoms with E-state index in [0.717, 1.165) is 25.7 Å². The van der Waals surface area contributed by atoms with Crippen LogP contribution in [0.1, 0.15) is 42.1 Å². The lowest BCUT2D eigenvalue weighted by Gasteiger charge is -2.29. The minimum absolute atomic E-state index is 0.152. The number of anilines is 2. The third kappa shape index (κ3) is 3.87. The molecule has 132 valence electrons. The minimum atomic E-state index is -0.549. The van der Waals surface area contributed by atoms with E-state index in [-0.39, 0.29) is 17.8 Å². The van der Waals surface area contributed by atoms with Crippen molar-refractivity contribution < 1.29 is 9.18 Å².